The summed E-state index contributed by atoms with van der Waals surface area (Å²) in [7, 11) is 0. The molecule has 4 unspecified atom stereocenters. The largest absolute Gasteiger partial charge is 0.310 e. The van der Waals surface area contributed by atoms with Crippen molar-refractivity contribution in [1.29, 1.82) is 0 Å². The van der Waals surface area contributed by atoms with Crippen molar-refractivity contribution in [3.8, 4) is 22.3 Å². The Morgan fingerprint density at radius 1 is 0.500 bits per heavy atom. The number of fused-ring (bicyclic) bond motifs is 3. The summed E-state index contributed by atoms with van der Waals surface area (Å²) in [5.41, 5.74) is 13.9. The van der Waals surface area contributed by atoms with E-state index in [-0.39, 0.29) is 5.41 Å². The summed E-state index contributed by atoms with van der Waals surface area (Å²) < 4.78 is 0. The van der Waals surface area contributed by atoms with E-state index in [1.54, 1.807) is 12.0 Å². The van der Waals surface area contributed by atoms with E-state index in [2.05, 4.69) is 140 Å². The van der Waals surface area contributed by atoms with Crippen LogP contribution in [-0.2, 0) is 10.8 Å². The third kappa shape index (κ3) is 3.63. The van der Waals surface area contributed by atoms with E-state index in [0.29, 0.717) is 5.41 Å². The number of hydrogen-bond acceptors (Lipinski definition) is 1. The van der Waals surface area contributed by atoms with Crippen LogP contribution < -0.4 is 4.90 Å². The molecule has 238 valence electrons. The quantitative estimate of drug-likeness (QED) is 0.188. The first-order chi connectivity index (χ1) is 23.5. The predicted octanol–water partition coefficient (Wildman–Crippen LogP) is 12.1. The van der Waals surface area contributed by atoms with Crippen LogP contribution in [0.25, 0.3) is 22.3 Å². The van der Waals surface area contributed by atoms with Gasteiger partial charge in [-0.25, -0.2) is 0 Å². The normalized spacial score (nSPS) is 32.3. The zero-order valence-electron chi connectivity index (χ0n) is 28.3. The van der Waals surface area contributed by atoms with Crippen LogP contribution in [0.15, 0.2) is 121 Å². The first-order valence-electron chi connectivity index (χ1n) is 18.8. The summed E-state index contributed by atoms with van der Waals surface area (Å²) in [6.07, 6.45) is 9.11. The number of benzene rings is 5. The fourth-order valence-corrected chi connectivity index (χ4v) is 13.1. The van der Waals surface area contributed by atoms with Crippen molar-refractivity contribution in [2.45, 2.75) is 63.2 Å². The van der Waals surface area contributed by atoms with Crippen molar-refractivity contribution in [3.63, 3.8) is 0 Å². The summed E-state index contributed by atoms with van der Waals surface area (Å²) >= 11 is 0. The SMILES string of the molecule is CC1(C)c2ccccc2-c2ccc(N(c3ccc(-c4ccccc4)cc3)c3ccc(C45CC6CC7C8CC(CC74)CC5C8C6)cc3)cc21. The number of hydrogen-bond donors (Lipinski definition) is 0. The van der Waals surface area contributed by atoms with Crippen LogP contribution in [-0.4, -0.2) is 0 Å². The maximum Gasteiger partial charge on any atom is 0.0465 e. The van der Waals surface area contributed by atoms with Gasteiger partial charge in [-0.2, -0.15) is 0 Å². The van der Waals surface area contributed by atoms with Crippen LogP contribution in [0, 0.1) is 41.4 Å². The minimum atomic E-state index is -0.0361. The Kier molecular flexibility index (Phi) is 5.65. The lowest BCUT2D eigenvalue weighted by atomic mass is 9.30. The van der Waals surface area contributed by atoms with Crippen LogP contribution in [0.3, 0.4) is 0 Å². The van der Waals surface area contributed by atoms with Gasteiger partial charge in [0.1, 0.15) is 0 Å². The van der Waals surface area contributed by atoms with E-state index in [1.807, 2.05) is 0 Å². The second kappa shape index (κ2) is 9.75. The molecule has 13 rings (SSSR count). The maximum absolute atomic E-state index is 2.58. The molecule has 5 aromatic rings. The van der Waals surface area contributed by atoms with Gasteiger partial charge in [0, 0.05) is 27.9 Å². The summed E-state index contributed by atoms with van der Waals surface area (Å²) in [6.45, 7) is 4.78. The first-order valence-corrected chi connectivity index (χ1v) is 18.8. The van der Waals surface area contributed by atoms with Crippen LogP contribution in [0.1, 0.15) is 69.1 Å². The Balaban J connectivity index is 1.02. The molecular weight excluding hydrogens is 579 g/mol. The van der Waals surface area contributed by atoms with E-state index >= 15 is 0 Å². The van der Waals surface area contributed by atoms with Crippen LogP contribution in [0.5, 0.6) is 0 Å². The Morgan fingerprint density at radius 3 is 1.81 bits per heavy atom. The number of nitrogens with zero attached hydrogens (tertiary/aromatic N) is 1. The van der Waals surface area contributed by atoms with Crippen molar-refractivity contribution in [1.82, 2.24) is 0 Å². The van der Waals surface area contributed by atoms with E-state index in [0.717, 1.165) is 41.4 Å². The maximum atomic E-state index is 2.58. The van der Waals surface area contributed by atoms with Crippen LogP contribution >= 0.6 is 0 Å². The lowest BCUT2D eigenvalue weighted by Gasteiger charge is -2.74. The van der Waals surface area contributed by atoms with Crippen molar-refractivity contribution in [3.05, 3.63) is 138 Å². The highest BCUT2D eigenvalue weighted by Crippen LogP contribution is 2.76. The van der Waals surface area contributed by atoms with Crippen molar-refractivity contribution in [2.24, 2.45) is 41.4 Å². The second-order valence-electron chi connectivity index (χ2n) is 17.1. The molecule has 0 spiro atoms. The minimum absolute atomic E-state index is 0.0361. The smallest absolute Gasteiger partial charge is 0.0465 e. The molecule has 5 aromatic carbocycles. The molecule has 7 saturated carbocycles. The molecule has 0 radical (unpaired) electrons. The van der Waals surface area contributed by atoms with Gasteiger partial charge in [0.25, 0.3) is 0 Å². The van der Waals surface area contributed by atoms with Gasteiger partial charge in [-0.1, -0.05) is 98.8 Å². The standard InChI is InChI=1S/C47H45N/c1-46(2)42-11-7-6-10-37(42)38-21-20-36(27-43(38)46)48(34-16-12-32(13-17-34)31-8-4-3-5-9-31)35-18-14-33(15-19-35)47-28-30-23-40-39-22-29(25-44(40)47)26-45(47)41(39)24-30/h3-21,27,29-30,39-41,44-45H,22-26,28H2,1-2H3. The Labute approximate surface area is 286 Å². The molecule has 1 heteroatoms. The summed E-state index contributed by atoms with van der Waals surface area (Å²) in [4.78, 5) is 2.51. The molecule has 8 aliphatic rings. The Hall–Kier alpha value is -4.10. The molecule has 8 aliphatic carbocycles. The van der Waals surface area contributed by atoms with Gasteiger partial charge < -0.3 is 4.90 Å². The highest BCUT2D eigenvalue weighted by atomic mass is 15.1. The predicted molar refractivity (Wildman–Crippen MR) is 198 cm³/mol. The van der Waals surface area contributed by atoms with E-state index in [4.69, 9.17) is 0 Å². The molecule has 4 atom stereocenters. The van der Waals surface area contributed by atoms with Crippen LogP contribution in [0.2, 0.25) is 0 Å². The Morgan fingerprint density at radius 2 is 1.08 bits per heavy atom. The lowest BCUT2D eigenvalue weighted by molar-refractivity contribution is -0.220. The van der Waals surface area contributed by atoms with Crippen LogP contribution in [0.4, 0.5) is 17.1 Å². The topological polar surface area (TPSA) is 3.24 Å². The lowest BCUT2D eigenvalue weighted by Crippen LogP contribution is -2.69. The number of rotatable bonds is 5. The average Bonchev–Trinajstić information content (AvgIpc) is 3.37. The van der Waals surface area contributed by atoms with Gasteiger partial charge in [0.05, 0.1) is 0 Å². The molecule has 0 aromatic heterocycles. The zero-order valence-corrected chi connectivity index (χ0v) is 28.3. The van der Waals surface area contributed by atoms with E-state index in [1.165, 1.54) is 82.5 Å². The summed E-state index contributed by atoms with van der Waals surface area (Å²) in [5, 5.41) is 0. The number of anilines is 3. The fraction of sp³-hybridized carbons (Fsp3) is 0.362. The highest BCUT2D eigenvalue weighted by Gasteiger charge is 2.70. The first kappa shape index (κ1) is 27.8. The molecule has 7 fully saturated rings. The molecule has 0 amide bonds. The van der Waals surface area contributed by atoms with E-state index < -0.39 is 0 Å². The zero-order chi connectivity index (χ0) is 31.8. The van der Waals surface area contributed by atoms with E-state index in [9.17, 15) is 0 Å². The monoisotopic (exact) mass is 623 g/mol. The Bertz CT molecular complexity index is 2030. The van der Waals surface area contributed by atoms with Gasteiger partial charge in [0.2, 0.25) is 0 Å². The fourth-order valence-electron chi connectivity index (χ4n) is 13.1. The van der Waals surface area contributed by atoms with Gasteiger partial charge in [-0.05, 0) is 155 Å². The average molecular weight is 624 g/mol. The third-order valence-corrected chi connectivity index (χ3v) is 14.8. The second-order valence-corrected chi connectivity index (χ2v) is 17.1. The van der Waals surface area contributed by atoms with Gasteiger partial charge in [0.15, 0.2) is 0 Å². The van der Waals surface area contributed by atoms with Gasteiger partial charge in [-0.3, -0.25) is 0 Å². The third-order valence-electron chi connectivity index (χ3n) is 14.8. The molecule has 0 heterocycles. The molecule has 0 saturated heterocycles. The molecule has 1 nitrogen and oxygen atoms in total. The van der Waals surface area contributed by atoms with Gasteiger partial charge >= 0.3 is 0 Å². The van der Waals surface area contributed by atoms with Crippen molar-refractivity contribution >= 4 is 17.1 Å². The van der Waals surface area contributed by atoms with Crippen molar-refractivity contribution < 1.29 is 0 Å². The molecular formula is C47H45N. The van der Waals surface area contributed by atoms with Crippen molar-refractivity contribution in [2.75, 3.05) is 4.90 Å². The molecule has 0 N–H and O–H groups in total. The molecule has 48 heavy (non-hydrogen) atoms. The minimum Gasteiger partial charge on any atom is -0.310 e. The molecule has 0 aliphatic heterocycles. The molecule has 8 bridgehead atoms. The van der Waals surface area contributed by atoms with Gasteiger partial charge in [-0.15, -0.1) is 0 Å². The summed E-state index contributed by atoms with van der Waals surface area (Å²) in [6, 6.07) is 46.3. The summed E-state index contributed by atoms with van der Waals surface area (Å²) in [5.74, 6) is 6.92. The highest BCUT2D eigenvalue weighted by molar-refractivity contribution is 5.86.